The summed E-state index contributed by atoms with van der Waals surface area (Å²) in [6, 6.07) is 9.77. The fraction of sp³-hybridized carbons (Fsp3) is 0.650. The highest BCUT2D eigenvalue weighted by molar-refractivity contribution is 5.82. The Labute approximate surface area is 150 Å². The third kappa shape index (κ3) is 3.98. The summed E-state index contributed by atoms with van der Waals surface area (Å²) in [6.07, 6.45) is 4.03. The second-order valence-corrected chi connectivity index (χ2v) is 7.67. The van der Waals surface area contributed by atoms with Gasteiger partial charge in [0.1, 0.15) is 18.0 Å². The summed E-state index contributed by atoms with van der Waals surface area (Å²) in [5.74, 6) is 0.903. The number of benzene rings is 1. The average molecular weight is 346 g/mol. The Balaban J connectivity index is 1.68. The van der Waals surface area contributed by atoms with Gasteiger partial charge in [0.25, 0.3) is 0 Å². The zero-order valence-electron chi connectivity index (χ0n) is 15.3. The summed E-state index contributed by atoms with van der Waals surface area (Å²) >= 11 is 0. The van der Waals surface area contributed by atoms with E-state index in [1.165, 1.54) is 0 Å². The number of carbonyl (C=O) groups excluding carboxylic acids is 1. The molecular weight excluding hydrogens is 316 g/mol. The van der Waals surface area contributed by atoms with Crippen LogP contribution in [-0.2, 0) is 4.79 Å². The Kier molecular flexibility index (Phi) is 5.64. The lowest BCUT2D eigenvalue weighted by Gasteiger charge is -2.47. The molecule has 25 heavy (non-hydrogen) atoms. The molecule has 1 amide bonds. The molecule has 1 aliphatic carbocycles. The highest BCUT2D eigenvalue weighted by Crippen LogP contribution is 2.35. The second kappa shape index (κ2) is 7.75. The summed E-state index contributed by atoms with van der Waals surface area (Å²) < 4.78 is 6.05. The van der Waals surface area contributed by atoms with Gasteiger partial charge in [-0.1, -0.05) is 18.2 Å². The zero-order chi connectivity index (χ0) is 17.9. The lowest BCUT2D eigenvalue weighted by atomic mass is 9.78. The number of rotatable bonds is 4. The molecule has 1 saturated heterocycles. The molecule has 5 nitrogen and oxygen atoms in total. The lowest BCUT2D eigenvalue weighted by Crippen LogP contribution is -2.58. The lowest BCUT2D eigenvalue weighted by molar-refractivity contribution is -0.135. The number of aliphatic hydroxyl groups excluding tert-OH is 1. The molecule has 1 aliphatic heterocycles. The van der Waals surface area contributed by atoms with E-state index in [0.717, 1.165) is 44.4 Å². The topological polar surface area (TPSA) is 61.8 Å². The minimum atomic E-state index is -0.527. The van der Waals surface area contributed by atoms with E-state index in [1.807, 2.05) is 37.3 Å². The standard InChI is InChI=1S/C20H30N2O3/c1-20(19(24)21-2)12-7-13-22(14-20)16-10-6-11-17(18(16)23)25-15-8-4-3-5-9-15/h3-5,8-9,16-18,23H,6-7,10-14H2,1-2H3,(H,21,24)/t16-,17+,18+,20?/m0/s1. The predicted octanol–water partition coefficient (Wildman–Crippen LogP) is 2.20. The first-order valence-corrected chi connectivity index (χ1v) is 9.39. The molecule has 1 aromatic rings. The van der Waals surface area contributed by atoms with E-state index in [2.05, 4.69) is 10.2 Å². The van der Waals surface area contributed by atoms with Crippen molar-refractivity contribution >= 4 is 5.91 Å². The molecule has 0 radical (unpaired) electrons. The number of para-hydroxylation sites is 1. The summed E-state index contributed by atoms with van der Waals surface area (Å²) in [5, 5.41) is 13.7. The van der Waals surface area contributed by atoms with Crippen molar-refractivity contribution in [2.24, 2.45) is 5.41 Å². The zero-order valence-corrected chi connectivity index (χ0v) is 15.3. The Morgan fingerprint density at radius 2 is 2.04 bits per heavy atom. The van der Waals surface area contributed by atoms with Gasteiger partial charge in [-0.05, 0) is 57.7 Å². The monoisotopic (exact) mass is 346 g/mol. The molecule has 2 fully saturated rings. The number of aliphatic hydroxyl groups is 1. The third-order valence-corrected chi connectivity index (χ3v) is 5.76. The summed E-state index contributed by atoms with van der Waals surface area (Å²) in [5.41, 5.74) is -0.375. The van der Waals surface area contributed by atoms with Gasteiger partial charge in [0.05, 0.1) is 5.41 Å². The number of piperidine rings is 1. The molecule has 0 bridgehead atoms. The molecule has 2 N–H and O–H groups in total. The third-order valence-electron chi connectivity index (χ3n) is 5.76. The number of likely N-dealkylation sites (tertiary alicyclic amines) is 1. The van der Waals surface area contributed by atoms with Crippen LogP contribution in [0.5, 0.6) is 5.75 Å². The van der Waals surface area contributed by atoms with Crippen molar-refractivity contribution in [3.63, 3.8) is 0 Å². The molecule has 1 aromatic carbocycles. The quantitative estimate of drug-likeness (QED) is 0.877. The van der Waals surface area contributed by atoms with Crippen molar-refractivity contribution in [1.82, 2.24) is 10.2 Å². The maximum Gasteiger partial charge on any atom is 0.226 e. The van der Waals surface area contributed by atoms with Gasteiger partial charge >= 0.3 is 0 Å². The van der Waals surface area contributed by atoms with E-state index in [-0.39, 0.29) is 23.5 Å². The first kappa shape index (κ1) is 18.2. The number of hydrogen-bond donors (Lipinski definition) is 2. The first-order chi connectivity index (χ1) is 12.0. The molecule has 1 saturated carbocycles. The van der Waals surface area contributed by atoms with E-state index in [9.17, 15) is 9.90 Å². The van der Waals surface area contributed by atoms with E-state index < -0.39 is 6.10 Å². The highest BCUT2D eigenvalue weighted by Gasteiger charge is 2.43. The van der Waals surface area contributed by atoms with Crippen LogP contribution in [-0.4, -0.2) is 54.3 Å². The first-order valence-electron chi connectivity index (χ1n) is 9.39. The van der Waals surface area contributed by atoms with Gasteiger partial charge < -0.3 is 15.2 Å². The van der Waals surface area contributed by atoms with Gasteiger partial charge in [0.2, 0.25) is 5.91 Å². The normalized spacial score (nSPS) is 33.6. The Bertz CT molecular complexity index is 580. The SMILES string of the molecule is CNC(=O)C1(C)CCCN([C@H]2CCC[C@@H](Oc3ccccc3)[C@@H]2O)C1. The smallest absolute Gasteiger partial charge is 0.226 e. The molecule has 2 aliphatic rings. The molecule has 4 atom stereocenters. The van der Waals surface area contributed by atoms with Crippen molar-refractivity contribution in [1.29, 1.82) is 0 Å². The van der Waals surface area contributed by atoms with E-state index in [1.54, 1.807) is 7.05 Å². The van der Waals surface area contributed by atoms with Gasteiger partial charge in [-0.15, -0.1) is 0 Å². The van der Waals surface area contributed by atoms with Crippen LogP contribution in [0.3, 0.4) is 0 Å². The molecule has 5 heteroatoms. The minimum Gasteiger partial charge on any atom is -0.488 e. The predicted molar refractivity (Wildman–Crippen MR) is 97.5 cm³/mol. The van der Waals surface area contributed by atoms with Crippen molar-refractivity contribution in [2.75, 3.05) is 20.1 Å². The molecule has 0 aromatic heterocycles. The van der Waals surface area contributed by atoms with Crippen molar-refractivity contribution < 1.29 is 14.6 Å². The van der Waals surface area contributed by atoms with E-state index >= 15 is 0 Å². The number of nitrogens with one attached hydrogen (secondary N) is 1. The minimum absolute atomic E-state index is 0.0618. The number of nitrogens with zero attached hydrogens (tertiary/aromatic N) is 1. The van der Waals surface area contributed by atoms with Gasteiger partial charge in [-0.25, -0.2) is 0 Å². The Hall–Kier alpha value is -1.59. The molecule has 3 rings (SSSR count). The van der Waals surface area contributed by atoms with E-state index in [4.69, 9.17) is 4.74 Å². The number of amides is 1. The fourth-order valence-electron chi connectivity index (χ4n) is 4.37. The molecule has 138 valence electrons. The number of ether oxygens (including phenoxy) is 1. The van der Waals surface area contributed by atoms with Crippen LogP contribution in [0.2, 0.25) is 0 Å². The van der Waals surface area contributed by atoms with Crippen LogP contribution in [0.4, 0.5) is 0 Å². The van der Waals surface area contributed by atoms with Gasteiger partial charge in [-0.2, -0.15) is 0 Å². The van der Waals surface area contributed by atoms with E-state index in [0.29, 0.717) is 6.54 Å². The Morgan fingerprint density at radius 1 is 1.28 bits per heavy atom. The summed E-state index contributed by atoms with van der Waals surface area (Å²) in [7, 11) is 1.70. The molecule has 1 heterocycles. The van der Waals surface area contributed by atoms with Gasteiger partial charge in [0.15, 0.2) is 0 Å². The van der Waals surface area contributed by atoms with Crippen molar-refractivity contribution in [3.05, 3.63) is 30.3 Å². The fourth-order valence-corrected chi connectivity index (χ4v) is 4.37. The summed E-state index contributed by atoms with van der Waals surface area (Å²) in [4.78, 5) is 14.6. The second-order valence-electron chi connectivity index (χ2n) is 7.67. The molecular formula is C20H30N2O3. The van der Waals surface area contributed by atoms with Crippen LogP contribution in [0, 0.1) is 5.41 Å². The van der Waals surface area contributed by atoms with Crippen molar-refractivity contribution in [2.45, 2.75) is 57.3 Å². The average Bonchev–Trinajstić information content (AvgIpc) is 2.63. The summed E-state index contributed by atoms with van der Waals surface area (Å²) in [6.45, 7) is 3.67. The van der Waals surface area contributed by atoms with Gasteiger partial charge in [-0.3, -0.25) is 9.69 Å². The maximum atomic E-state index is 12.3. The van der Waals surface area contributed by atoms with Crippen LogP contribution < -0.4 is 10.1 Å². The molecule has 1 unspecified atom stereocenters. The van der Waals surface area contributed by atoms with Crippen molar-refractivity contribution in [3.8, 4) is 5.75 Å². The van der Waals surface area contributed by atoms with Crippen LogP contribution in [0.15, 0.2) is 30.3 Å². The van der Waals surface area contributed by atoms with Crippen LogP contribution >= 0.6 is 0 Å². The Morgan fingerprint density at radius 3 is 2.76 bits per heavy atom. The number of carbonyl (C=O) groups is 1. The largest absolute Gasteiger partial charge is 0.488 e. The maximum absolute atomic E-state index is 12.3. The number of hydrogen-bond acceptors (Lipinski definition) is 4. The molecule has 0 spiro atoms. The van der Waals surface area contributed by atoms with Crippen LogP contribution in [0.25, 0.3) is 0 Å². The highest BCUT2D eigenvalue weighted by atomic mass is 16.5. The van der Waals surface area contributed by atoms with Crippen LogP contribution in [0.1, 0.15) is 39.0 Å². The van der Waals surface area contributed by atoms with Gasteiger partial charge in [0, 0.05) is 19.6 Å².